The Balaban J connectivity index is 1.48. The van der Waals surface area contributed by atoms with Crippen molar-refractivity contribution < 1.29 is 19.2 Å². The standard InChI is InChI=1S/C40H47N5O4/c1-31(46)43-25-27-45(29-38(41)47)40(49)30-44(26-23-37(34-18-10-4-11-19-34)35-20-12-5-13-21-35)39(48)28-42-24-22-36(32-14-6-2-7-15-32)33-16-8-3-9-17-33/h2-21,36-37,42H,22-30H2,1H3,(H2,41,47)(H,43,46). The topological polar surface area (TPSA) is 125 Å². The second-order valence-electron chi connectivity index (χ2n) is 12.1. The van der Waals surface area contributed by atoms with Gasteiger partial charge in [-0.05, 0) is 41.6 Å². The summed E-state index contributed by atoms with van der Waals surface area (Å²) in [5.41, 5.74) is 10.1. The molecular weight excluding hydrogens is 614 g/mol. The predicted molar refractivity (Wildman–Crippen MR) is 193 cm³/mol. The molecule has 256 valence electrons. The molecule has 0 unspecified atom stereocenters. The maximum atomic E-state index is 13.8. The summed E-state index contributed by atoms with van der Waals surface area (Å²) in [6.45, 7) is 2.06. The van der Waals surface area contributed by atoms with Crippen LogP contribution in [0, 0.1) is 0 Å². The highest BCUT2D eigenvalue weighted by Crippen LogP contribution is 2.29. The molecular formula is C40H47N5O4. The molecule has 0 aliphatic carbocycles. The molecule has 4 amide bonds. The number of carbonyl (C=O) groups is 4. The van der Waals surface area contributed by atoms with Crippen LogP contribution in [0.1, 0.15) is 53.9 Å². The number of nitrogens with zero attached hydrogens (tertiary/aromatic N) is 2. The third kappa shape index (κ3) is 12.0. The molecule has 9 nitrogen and oxygen atoms in total. The van der Waals surface area contributed by atoms with Crippen molar-refractivity contribution in [2.75, 3.05) is 45.8 Å². The van der Waals surface area contributed by atoms with Crippen molar-refractivity contribution >= 4 is 23.6 Å². The van der Waals surface area contributed by atoms with Crippen LogP contribution in [0.2, 0.25) is 0 Å². The maximum Gasteiger partial charge on any atom is 0.242 e. The van der Waals surface area contributed by atoms with Gasteiger partial charge in [-0.15, -0.1) is 0 Å². The van der Waals surface area contributed by atoms with Gasteiger partial charge in [0.15, 0.2) is 0 Å². The molecule has 4 aromatic carbocycles. The first-order chi connectivity index (χ1) is 23.8. The molecule has 0 saturated heterocycles. The van der Waals surface area contributed by atoms with Gasteiger partial charge >= 0.3 is 0 Å². The quantitative estimate of drug-likeness (QED) is 0.129. The number of nitrogens with one attached hydrogen (secondary N) is 2. The molecule has 0 fully saturated rings. The van der Waals surface area contributed by atoms with E-state index in [1.165, 1.54) is 23.0 Å². The van der Waals surface area contributed by atoms with Gasteiger partial charge in [0.2, 0.25) is 23.6 Å². The lowest BCUT2D eigenvalue weighted by atomic mass is 9.88. The summed E-state index contributed by atoms with van der Waals surface area (Å²) in [5, 5.41) is 5.98. The first kappa shape index (κ1) is 36.6. The van der Waals surface area contributed by atoms with E-state index in [1.807, 2.05) is 72.8 Å². The van der Waals surface area contributed by atoms with E-state index in [4.69, 9.17) is 5.73 Å². The Labute approximate surface area is 289 Å². The first-order valence-electron chi connectivity index (χ1n) is 16.8. The van der Waals surface area contributed by atoms with Gasteiger partial charge in [-0.3, -0.25) is 19.2 Å². The third-order valence-corrected chi connectivity index (χ3v) is 8.52. The van der Waals surface area contributed by atoms with Crippen molar-refractivity contribution in [3.63, 3.8) is 0 Å². The molecule has 9 heteroatoms. The van der Waals surface area contributed by atoms with Crippen molar-refractivity contribution in [3.8, 4) is 0 Å². The molecule has 0 aliphatic rings. The lowest BCUT2D eigenvalue weighted by Gasteiger charge is -2.29. The molecule has 4 N–H and O–H groups in total. The third-order valence-electron chi connectivity index (χ3n) is 8.52. The van der Waals surface area contributed by atoms with Crippen LogP contribution < -0.4 is 16.4 Å². The fourth-order valence-corrected chi connectivity index (χ4v) is 6.03. The van der Waals surface area contributed by atoms with Crippen LogP contribution in [0.3, 0.4) is 0 Å². The smallest absolute Gasteiger partial charge is 0.242 e. The van der Waals surface area contributed by atoms with Gasteiger partial charge < -0.3 is 26.2 Å². The first-order valence-corrected chi connectivity index (χ1v) is 16.8. The van der Waals surface area contributed by atoms with E-state index in [0.717, 1.165) is 17.5 Å². The fraction of sp³-hybridized carbons (Fsp3) is 0.300. The number of carbonyl (C=O) groups excluding carboxylic acids is 4. The highest BCUT2D eigenvalue weighted by Gasteiger charge is 2.24. The van der Waals surface area contributed by atoms with Gasteiger partial charge in [0.25, 0.3) is 0 Å². The SMILES string of the molecule is CC(=O)NCCN(CC(N)=O)C(=O)CN(CCC(c1ccccc1)c1ccccc1)C(=O)CNCCC(c1ccccc1)c1ccccc1. The number of nitrogens with two attached hydrogens (primary N) is 1. The number of primary amides is 1. The minimum atomic E-state index is -0.671. The van der Waals surface area contributed by atoms with Gasteiger partial charge in [-0.2, -0.15) is 0 Å². The van der Waals surface area contributed by atoms with E-state index in [0.29, 0.717) is 19.5 Å². The Morgan fingerprint density at radius 1 is 0.571 bits per heavy atom. The van der Waals surface area contributed by atoms with Crippen LogP contribution in [0.4, 0.5) is 0 Å². The number of hydrogen-bond donors (Lipinski definition) is 3. The number of rotatable bonds is 19. The van der Waals surface area contributed by atoms with Crippen LogP contribution in [-0.4, -0.2) is 79.2 Å². The number of amides is 4. The van der Waals surface area contributed by atoms with Crippen molar-refractivity contribution in [1.29, 1.82) is 0 Å². The van der Waals surface area contributed by atoms with Crippen LogP contribution in [0.5, 0.6) is 0 Å². The molecule has 4 rings (SSSR count). The van der Waals surface area contributed by atoms with Crippen LogP contribution >= 0.6 is 0 Å². The largest absolute Gasteiger partial charge is 0.368 e. The van der Waals surface area contributed by atoms with Gasteiger partial charge in [-0.1, -0.05) is 121 Å². The summed E-state index contributed by atoms with van der Waals surface area (Å²) in [6.07, 6.45) is 1.36. The summed E-state index contributed by atoms with van der Waals surface area (Å²) in [7, 11) is 0. The van der Waals surface area contributed by atoms with Crippen molar-refractivity contribution in [2.24, 2.45) is 5.73 Å². The van der Waals surface area contributed by atoms with E-state index in [2.05, 4.69) is 59.2 Å². The van der Waals surface area contributed by atoms with Gasteiger partial charge in [0.1, 0.15) is 0 Å². The van der Waals surface area contributed by atoms with Gasteiger partial charge in [0.05, 0.1) is 19.6 Å². The number of benzene rings is 4. The maximum absolute atomic E-state index is 13.8. The Kier molecular flexibility index (Phi) is 14.6. The predicted octanol–water partition coefficient (Wildman–Crippen LogP) is 4.30. The second kappa shape index (κ2) is 19.5. The minimum Gasteiger partial charge on any atom is -0.368 e. The average Bonchev–Trinajstić information content (AvgIpc) is 3.12. The van der Waals surface area contributed by atoms with Crippen molar-refractivity contribution in [3.05, 3.63) is 144 Å². The van der Waals surface area contributed by atoms with Gasteiger partial charge in [0, 0.05) is 38.4 Å². The van der Waals surface area contributed by atoms with E-state index in [9.17, 15) is 19.2 Å². The second-order valence-corrected chi connectivity index (χ2v) is 12.1. The number of hydrogen-bond acceptors (Lipinski definition) is 5. The average molecular weight is 662 g/mol. The summed E-state index contributed by atoms with van der Waals surface area (Å²) < 4.78 is 0. The van der Waals surface area contributed by atoms with E-state index >= 15 is 0 Å². The summed E-state index contributed by atoms with van der Waals surface area (Å²) >= 11 is 0. The molecule has 0 bridgehead atoms. The zero-order valence-electron chi connectivity index (χ0n) is 28.2. The summed E-state index contributed by atoms with van der Waals surface area (Å²) in [4.78, 5) is 53.5. The summed E-state index contributed by atoms with van der Waals surface area (Å²) in [6, 6.07) is 40.8. The van der Waals surface area contributed by atoms with Crippen LogP contribution in [-0.2, 0) is 19.2 Å². The van der Waals surface area contributed by atoms with E-state index in [-0.39, 0.29) is 56.4 Å². The van der Waals surface area contributed by atoms with E-state index in [1.54, 1.807) is 4.90 Å². The lowest BCUT2D eigenvalue weighted by Crippen LogP contribution is -2.49. The summed E-state index contributed by atoms with van der Waals surface area (Å²) in [5.74, 6) is -1.39. The molecule has 0 spiro atoms. The minimum absolute atomic E-state index is 0.000228. The fourth-order valence-electron chi connectivity index (χ4n) is 6.03. The van der Waals surface area contributed by atoms with Crippen LogP contribution in [0.25, 0.3) is 0 Å². The van der Waals surface area contributed by atoms with Crippen molar-refractivity contribution in [2.45, 2.75) is 31.6 Å². The Morgan fingerprint density at radius 3 is 1.43 bits per heavy atom. The highest BCUT2D eigenvalue weighted by molar-refractivity contribution is 5.88. The molecule has 0 aromatic heterocycles. The Morgan fingerprint density at radius 2 is 1.00 bits per heavy atom. The normalized spacial score (nSPS) is 10.9. The van der Waals surface area contributed by atoms with E-state index < -0.39 is 11.8 Å². The molecule has 0 heterocycles. The highest BCUT2D eigenvalue weighted by atomic mass is 16.2. The Hall–Kier alpha value is -5.28. The zero-order chi connectivity index (χ0) is 34.8. The lowest BCUT2D eigenvalue weighted by molar-refractivity contribution is -0.141. The monoisotopic (exact) mass is 661 g/mol. The Bertz CT molecular complexity index is 1520. The van der Waals surface area contributed by atoms with Crippen LogP contribution in [0.15, 0.2) is 121 Å². The van der Waals surface area contributed by atoms with Crippen molar-refractivity contribution in [1.82, 2.24) is 20.4 Å². The molecule has 4 aromatic rings. The molecule has 0 atom stereocenters. The van der Waals surface area contributed by atoms with Gasteiger partial charge in [-0.25, -0.2) is 0 Å². The molecule has 49 heavy (non-hydrogen) atoms. The molecule has 0 aliphatic heterocycles. The zero-order valence-corrected chi connectivity index (χ0v) is 28.2. The molecule has 0 saturated carbocycles. The molecule has 0 radical (unpaired) electrons.